The molecule has 0 aliphatic carbocycles. The fourth-order valence-corrected chi connectivity index (χ4v) is 4.94. The Morgan fingerprint density at radius 2 is 1.79 bits per heavy atom. The molecule has 5 nitrogen and oxygen atoms in total. The summed E-state index contributed by atoms with van der Waals surface area (Å²) in [5, 5.41) is 3.02. The van der Waals surface area contributed by atoms with Gasteiger partial charge in [-0.1, -0.05) is 30.3 Å². The first-order chi connectivity index (χ1) is 13.6. The van der Waals surface area contributed by atoms with Crippen LogP contribution in [-0.2, 0) is 4.79 Å². The van der Waals surface area contributed by atoms with Crippen molar-refractivity contribution in [2.24, 2.45) is 0 Å². The molecule has 2 heterocycles. The molecule has 1 fully saturated rings. The molecule has 146 valence electrons. The Balaban J connectivity index is 1.39. The number of hydrogen-bond acceptors (Lipinski definition) is 3. The summed E-state index contributed by atoms with van der Waals surface area (Å²) in [6.45, 7) is 3.80. The van der Waals surface area contributed by atoms with E-state index in [1.54, 1.807) is 23.6 Å². The smallest absolute Gasteiger partial charge is 0.321 e. The second-order valence-corrected chi connectivity index (χ2v) is 8.44. The summed E-state index contributed by atoms with van der Waals surface area (Å²) >= 11 is 1.75. The molecule has 1 saturated heterocycles. The molecular formula is C22H25N3O2S. The predicted molar refractivity (Wildman–Crippen MR) is 114 cm³/mol. The van der Waals surface area contributed by atoms with Gasteiger partial charge in [0.1, 0.15) is 0 Å². The molecule has 1 N–H and O–H groups in total. The SMILES string of the molecule is CC(=O)N1CCSc2ccc(NC(=O)N3CCC(c4ccccc4)CC3)cc21. The number of fused-ring (bicyclic) bond motifs is 1. The van der Waals surface area contributed by atoms with Crippen LogP contribution in [-0.4, -0.2) is 42.2 Å². The number of benzene rings is 2. The van der Waals surface area contributed by atoms with Gasteiger partial charge in [-0.15, -0.1) is 11.8 Å². The zero-order chi connectivity index (χ0) is 19.5. The van der Waals surface area contributed by atoms with Crippen LogP contribution >= 0.6 is 11.8 Å². The average molecular weight is 396 g/mol. The van der Waals surface area contributed by atoms with E-state index in [9.17, 15) is 9.59 Å². The number of piperidine rings is 1. The van der Waals surface area contributed by atoms with E-state index < -0.39 is 0 Å². The van der Waals surface area contributed by atoms with E-state index in [1.165, 1.54) is 5.56 Å². The van der Waals surface area contributed by atoms with E-state index in [0.717, 1.165) is 48.0 Å². The zero-order valence-electron chi connectivity index (χ0n) is 16.1. The van der Waals surface area contributed by atoms with E-state index in [4.69, 9.17) is 0 Å². The number of urea groups is 1. The maximum absolute atomic E-state index is 12.7. The van der Waals surface area contributed by atoms with Gasteiger partial charge in [0.25, 0.3) is 0 Å². The summed E-state index contributed by atoms with van der Waals surface area (Å²) in [5.74, 6) is 1.46. The van der Waals surface area contributed by atoms with Crippen molar-refractivity contribution in [3.05, 3.63) is 54.1 Å². The van der Waals surface area contributed by atoms with Crippen molar-refractivity contribution in [3.63, 3.8) is 0 Å². The Bertz CT molecular complexity index is 863. The van der Waals surface area contributed by atoms with Gasteiger partial charge >= 0.3 is 6.03 Å². The van der Waals surface area contributed by atoms with Crippen molar-refractivity contribution in [2.75, 3.05) is 35.6 Å². The molecular weight excluding hydrogens is 370 g/mol. The minimum absolute atomic E-state index is 0.0352. The highest BCUT2D eigenvalue weighted by Crippen LogP contribution is 2.37. The first-order valence-electron chi connectivity index (χ1n) is 9.77. The molecule has 0 spiro atoms. The number of thioether (sulfide) groups is 1. The van der Waals surface area contributed by atoms with Crippen LogP contribution in [0.1, 0.15) is 31.2 Å². The normalized spacial score (nSPS) is 17.2. The average Bonchev–Trinajstić information content (AvgIpc) is 2.74. The Morgan fingerprint density at radius 1 is 1.04 bits per heavy atom. The molecule has 2 aliphatic rings. The molecule has 3 amide bonds. The standard InChI is InChI=1S/C22H25N3O2S/c1-16(26)25-13-14-28-21-8-7-19(15-20(21)25)23-22(27)24-11-9-18(10-12-24)17-5-3-2-4-6-17/h2-8,15,18H,9-14H2,1H3,(H,23,27). The first-order valence-corrected chi connectivity index (χ1v) is 10.8. The second-order valence-electron chi connectivity index (χ2n) is 7.30. The van der Waals surface area contributed by atoms with E-state index in [-0.39, 0.29) is 11.9 Å². The zero-order valence-corrected chi connectivity index (χ0v) is 16.9. The highest BCUT2D eigenvalue weighted by atomic mass is 32.2. The third kappa shape index (κ3) is 4.02. The van der Waals surface area contributed by atoms with Crippen molar-refractivity contribution in [1.29, 1.82) is 0 Å². The van der Waals surface area contributed by atoms with Crippen LogP contribution in [0.5, 0.6) is 0 Å². The Labute approximate surface area is 170 Å². The van der Waals surface area contributed by atoms with Gasteiger partial charge in [-0.05, 0) is 42.5 Å². The van der Waals surface area contributed by atoms with Gasteiger partial charge < -0.3 is 15.1 Å². The monoisotopic (exact) mass is 395 g/mol. The van der Waals surface area contributed by atoms with Crippen molar-refractivity contribution in [2.45, 2.75) is 30.6 Å². The lowest BCUT2D eigenvalue weighted by Gasteiger charge is -2.32. The van der Waals surface area contributed by atoms with Crippen LogP contribution < -0.4 is 10.2 Å². The summed E-state index contributed by atoms with van der Waals surface area (Å²) in [5.41, 5.74) is 2.99. The lowest BCUT2D eigenvalue weighted by molar-refractivity contribution is -0.116. The van der Waals surface area contributed by atoms with Crippen LogP contribution in [0.2, 0.25) is 0 Å². The fourth-order valence-electron chi connectivity index (χ4n) is 3.97. The van der Waals surface area contributed by atoms with Gasteiger partial charge in [-0.3, -0.25) is 4.79 Å². The molecule has 0 atom stereocenters. The number of hydrogen-bond donors (Lipinski definition) is 1. The van der Waals surface area contributed by atoms with Gasteiger partial charge in [0.05, 0.1) is 5.69 Å². The van der Waals surface area contributed by atoms with Gasteiger partial charge in [0, 0.05) is 42.9 Å². The molecule has 0 unspecified atom stereocenters. The minimum atomic E-state index is -0.0655. The third-order valence-corrected chi connectivity index (χ3v) is 6.55. The van der Waals surface area contributed by atoms with Crippen molar-refractivity contribution in [1.82, 2.24) is 4.90 Å². The number of anilines is 2. The van der Waals surface area contributed by atoms with E-state index in [0.29, 0.717) is 12.5 Å². The summed E-state index contributed by atoms with van der Waals surface area (Å²) in [4.78, 5) is 29.4. The first kappa shape index (κ1) is 18.9. The number of carbonyl (C=O) groups excluding carboxylic acids is 2. The van der Waals surface area contributed by atoms with Gasteiger partial charge in [-0.25, -0.2) is 4.79 Å². The topological polar surface area (TPSA) is 52.7 Å². The van der Waals surface area contributed by atoms with E-state index in [1.807, 2.05) is 29.2 Å². The number of amides is 3. The lowest BCUT2D eigenvalue weighted by atomic mass is 9.90. The molecule has 0 radical (unpaired) electrons. The predicted octanol–water partition coefficient (Wildman–Crippen LogP) is 4.56. The Hall–Kier alpha value is -2.47. The largest absolute Gasteiger partial charge is 0.324 e. The van der Waals surface area contributed by atoms with Gasteiger partial charge in [0.2, 0.25) is 5.91 Å². The molecule has 0 saturated carbocycles. The molecule has 2 aromatic carbocycles. The van der Waals surface area contributed by atoms with Crippen LogP contribution in [0.15, 0.2) is 53.4 Å². The molecule has 6 heteroatoms. The summed E-state index contributed by atoms with van der Waals surface area (Å²) in [7, 11) is 0. The Morgan fingerprint density at radius 3 is 2.50 bits per heavy atom. The maximum atomic E-state index is 12.7. The summed E-state index contributed by atoms with van der Waals surface area (Å²) in [6.07, 6.45) is 1.97. The van der Waals surface area contributed by atoms with Crippen molar-refractivity contribution < 1.29 is 9.59 Å². The van der Waals surface area contributed by atoms with Crippen molar-refractivity contribution >= 4 is 35.1 Å². The number of likely N-dealkylation sites (tertiary alicyclic amines) is 1. The third-order valence-electron chi connectivity index (χ3n) is 5.51. The van der Waals surface area contributed by atoms with Gasteiger partial charge in [-0.2, -0.15) is 0 Å². The van der Waals surface area contributed by atoms with E-state index in [2.05, 4.69) is 29.6 Å². The molecule has 4 rings (SSSR count). The number of nitrogens with one attached hydrogen (secondary N) is 1. The molecule has 2 aromatic rings. The molecule has 2 aliphatic heterocycles. The summed E-state index contributed by atoms with van der Waals surface area (Å²) < 4.78 is 0. The van der Waals surface area contributed by atoms with Crippen molar-refractivity contribution in [3.8, 4) is 0 Å². The van der Waals surface area contributed by atoms with Crippen LogP contribution in [0, 0.1) is 0 Å². The minimum Gasteiger partial charge on any atom is -0.324 e. The molecule has 28 heavy (non-hydrogen) atoms. The highest BCUT2D eigenvalue weighted by molar-refractivity contribution is 7.99. The van der Waals surface area contributed by atoms with Gasteiger partial charge in [0.15, 0.2) is 0 Å². The lowest BCUT2D eigenvalue weighted by Crippen LogP contribution is -2.40. The maximum Gasteiger partial charge on any atom is 0.321 e. The summed E-state index contributed by atoms with van der Waals surface area (Å²) in [6, 6.07) is 16.3. The number of nitrogens with zero attached hydrogens (tertiary/aromatic N) is 2. The Kier molecular flexibility index (Phi) is 5.57. The number of carbonyl (C=O) groups is 2. The fraction of sp³-hybridized carbons (Fsp3) is 0.364. The second kappa shape index (κ2) is 8.27. The molecule has 0 aromatic heterocycles. The van der Waals surface area contributed by atoms with Crippen LogP contribution in [0.4, 0.5) is 16.2 Å². The van der Waals surface area contributed by atoms with Crippen LogP contribution in [0.3, 0.4) is 0 Å². The quantitative estimate of drug-likeness (QED) is 0.811. The number of rotatable bonds is 2. The molecule has 0 bridgehead atoms. The highest BCUT2D eigenvalue weighted by Gasteiger charge is 2.25. The van der Waals surface area contributed by atoms with E-state index >= 15 is 0 Å². The van der Waals surface area contributed by atoms with Crippen LogP contribution in [0.25, 0.3) is 0 Å².